The predicted molar refractivity (Wildman–Crippen MR) is 137 cm³/mol. The number of hydrogen-bond acceptors (Lipinski definition) is 5. The van der Waals surface area contributed by atoms with Gasteiger partial charge >= 0.3 is 0 Å². The molecule has 2 aromatic carbocycles. The molecule has 6 nitrogen and oxygen atoms in total. The van der Waals surface area contributed by atoms with E-state index in [-0.39, 0.29) is 11.8 Å². The number of halogens is 2. The highest BCUT2D eigenvalue weighted by molar-refractivity contribution is 6.35. The summed E-state index contributed by atoms with van der Waals surface area (Å²) in [7, 11) is 3.87. The van der Waals surface area contributed by atoms with Gasteiger partial charge in [-0.05, 0) is 36.8 Å². The van der Waals surface area contributed by atoms with Gasteiger partial charge in [-0.1, -0.05) is 41.4 Å². The molecule has 0 aliphatic carbocycles. The number of amides is 1. The van der Waals surface area contributed by atoms with Crippen LogP contribution in [0.3, 0.4) is 0 Å². The Labute approximate surface area is 207 Å². The van der Waals surface area contributed by atoms with Crippen molar-refractivity contribution in [3.8, 4) is 17.0 Å². The zero-order valence-electron chi connectivity index (χ0n) is 18.7. The third-order valence-corrected chi connectivity index (χ3v) is 6.31. The Bertz CT molecular complexity index is 1390. The molecular formula is C26H22Cl2N4O2. The standard InChI is InChI=1S/C26H22Cl2N4O2/c1-32(2)25-20-7-9-29-23(15-11-16(27)13-17(28)12-15)24(20)30-14-21(25)31-26(33)19-8-10-34-22-6-4-3-5-18(19)22/h3-7,9,11-14,19H,8,10H2,1-2H3,(H,31,33)/t19-/m0/s1. The second-order valence-corrected chi connectivity index (χ2v) is 9.22. The highest BCUT2D eigenvalue weighted by atomic mass is 35.5. The fourth-order valence-electron chi connectivity index (χ4n) is 4.42. The lowest BCUT2D eigenvalue weighted by Crippen LogP contribution is -2.27. The van der Waals surface area contributed by atoms with Crippen molar-refractivity contribution in [3.05, 3.63) is 76.5 Å². The topological polar surface area (TPSA) is 67.4 Å². The number of carbonyl (C=O) groups excluding carboxylic acids is 1. The smallest absolute Gasteiger partial charge is 0.232 e. The van der Waals surface area contributed by atoms with Crippen LogP contribution in [0.1, 0.15) is 17.9 Å². The first-order chi connectivity index (χ1) is 16.4. The minimum Gasteiger partial charge on any atom is -0.493 e. The molecular weight excluding hydrogens is 471 g/mol. The summed E-state index contributed by atoms with van der Waals surface area (Å²) in [5.74, 6) is 0.377. The van der Waals surface area contributed by atoms with E-state index in [9.17, 15) is 4.79 Å². The first-order valence-corrected chi connectivity index (χ1v) is 11.6. The minimum absolute atomic E-state index is 0.0871. The molecule has 0 saturated heterocycles. The zero-order valence-corrected chi connectivity index (χ0v) is 20.2. The third kappa shape index (κ3) is 4.15. The number of nitrogens with zero attached hydrogens (tertiary/aromatic N) is 3. The van der Waals surface area contributed by atoms with Gasteiger partial charge in [0.2, 0.25) is 5.91 Å². The largest absolute Gasteiger partial charge is 0.493 e. The number of benzene rings is 2. The summed E-state index contributed by atoms with van der Waals surface area (Å²) in [4.78, 5) is 24.6. The van der Waals surface area contributed by atoms with Crippen LogP contribution in [0.25, 0.3) is 22.2 Å². The van der Waals surface area contributed by atoms with Gasteiger partial charge in [-0.15, -0.1) is 0 Å². The van der Waals surface area contributed by atoms with E-state index < -0.39 is 0 Å². The first kappa shape index (κ1) is 22.4. The SMILES string of the molecule is CN(C)c1c(NC(=O)[C@H]2CCOc3ccccc32)cnc2c(-c3cc(Cl)cc(Cl)c3)nccc12. The van der Waals surface area contributed by atoms with E-state index in [0.29, 0.717) is 40.0 Å². The second kappa shape index (κ2) is 9.12. The van der Waals surface area contributed by atoms with E-state index in [2.05, 4.69) is 15.3 Å². The van der Waals surface area contributed by atoms with Crippen molar-refractivity contribution in [2.45, 2.75) is 12.3 Å². The number of rotatable bonds is 4. The lowest BCUT2D eigenvalue weighted by atomic mass is 9.92. The molecule has 8 heteroatoms. The summed E-state index contributed by atoms with van der Waals surface area (Å²) >= 11 is 12.5. The van der Waals surface area contributed by atoms with Crippen LogP contribution in [-0.4, -0.2) is 36.6 Å². The van der Waals surface area contributed by atoms with Crippen molar-refractivity contribution < 1.29 is 9.53 Å². The number of hydrogen-bond donors (Lipinski definition) is 1. The van der Waals surface area contributed by atoms with Gasteiger partial charge in [-0.3, -0.25) is 14.8 Å². The fourth-order valence-corrected chi connectivity index (χ4v) is 4.95. The van der Waals surface area contributed by atoms with E-state index >= 15 is 0 Å². The summed E-state index contributed by atoms with van der Waals surface area (Å²) in [5, 5.41) is 5.01. The molecule has 0 radical (unpaired) electrons. The molecule has 4 aromatic rings. The van der Waals surface area contributed by atoms with Crippen molar-refractivity contribution in [2.24, 2.45) is 0 Å². The van der Waals surface area contributed by atoms with E-state index in [4.69, 9.17) is 27.9 Å². The molecule has 1 aliphatic heterocycles. The summed E-state index contributed by atoms with van der Waals surface area (Å²) in [5.41, 5.74) is 4.51. The average Bonchev–Trinajstić information content (AvgIpc) is 2.82. The van der Waals surface area contributed by atoms with E-state index in [1.165, 1.54) is 0 Å². The molecule has 0 fully saturated rings. The van der Waals surface area contributed by atoms with Crippen molar-refractivity contribution in [3.63, 3.8) is 0 Å². The van der Waals surface area contributed by atoms with Crippen molar-refractivity contribution in [1.29, 1.82) is 0 Å². The van der Waals surface area contributed by atoms with Crippen LogP contribution in [-0.2, 0) is 4.79 Å². The third-order valence-electron chi connectivity index (χ3n) is 5.87. The van der Waals surface area contributed by atoms with Gasteiger partial charge in [-0.2, -0.15) is 0 Å². The van der Waals surface area contributed by atoms with E-state index in [0.717, 1.165) is 28.0 Å². The zero-order chi connectivity index (χ0) is 23.8. The normalized spacial score (nSPS) is 14.9. The Kier molecular flexibility index (Phi) is 6.02. The Morgan fingerprint density at radius 1 is 1.09 bits per heavy atom. The number of pyridine rings is 2. The van der Waals surface area contributed by atoms with Crippen molar-refractivity contribution in [1.82, 2.24) is 9.97 Å². The molecule has 3 heterocycles. The molecule has 0 saturated carbocycles. The number of aromatic nitrogens is 2. The molecule has 1 atom stereocenters. The Morgan fingerprint density at radius 3 is 2.62 bits per heavy atom. The molecule has 1 amide bonds. The van der Waals surface area contributed by atoms with Crippen LogP contribution in [0, 0.1) is 0 Å². The highest BCUT2D eigenvalue weighted by Crippen LogP contribution is 2.39. The van der Waals surface area contributed by atoms with Crippen LogP contribution in [0.15, 0.2) is 60.9 Å². The number of para-hydroxylation sites is 1. The monoisotopic (exact) mass is 492 g/mol. The summed E-state index contributed by atoms with van der Waals surface area (Å²) in [6.07, 6.45) is 4.02. The van der Waals surface area contributed by atoms with Gasteiger partial charge in [0.25, 0.3) is 0 Å². The van der Waals surface area contributed by atoms with Gasteiger partial charge in [0.05, 0.1) is 41.3 Å². The Balaban J connectivity index is 1.57. The fraction of sp³-hybridized carbons (Fsp3) is 0.192. The minimum atomic E-state index is -0.294. The molecule has 0 bridgehead atoms. The Hall–Kier alpha value is -3.35. The van der Waals surface area contributed by atoms with E-state index in [1.807, 2.05) is 61.5 Å². The Morgan fingerprint density at radius 2 is 1.85 bits per heavy atom. The van der Waals surface area contributed by atoms with Gasteiger partial charge in [-0.25, -0.2) is 0 Å². The maximum Gasteiger partial charge on any atom is 0.232 e. The molecule has 0 unspecified atom stereocenters. The molecule has 172 valence electrons. The highest BCUT2D eigenvalue weighted by Gasteiger charge is 2.28. The van der Waals surface area contributed by atoms with Crippen LogP contribution in [0.4, 0.5) is 11.4 Å². The lowest BCUT2D eigenvalue weighted by molar-refractivity contribution is -0.118. The van der Waals surface area contributed by atoms with Gasteiger partial charge in [0.15, 0.2) is 0 Å². The first-order valence-electron chi connectivity index (χ1n) is 10.9. The predicted octanol–water partition coefficient (Wildman–Crippen LogP) is 6.17. The van der Waals surface area contributed by atoms with Gasteiger partial charge < -0.3 is 15.0 Å². The van der Waals surface area contributed by atoms with Gasteiger partial charge in [0.1, 0.15) is 5.75 Å². The number of nitrogens with one attached hydrogen (secondary N) is 1. The molecule has 2 aromatic heterocycles. The molecule has 0 spiro atoms. The number of fused-ring (bicyclic) bond motifs is 2. The quantitative estimate of drug-likeness (QED) is 0.368. The lowest BCUT2D eigenvalue weighted by Gasteiger charge is -2.26. The van der Waals surface area contributed by atoms with Crippen molar-refractivity contribution >= 4 is 51.4 Å². The number of anilines is 2. The van der Waals surface area contributed by atoms with Gasteiger partial charge in [0, 0.05) is 46.9 Å². The molecule has 1 N–H and O–H groups in total. The average molecular weight is 493 g/mol. The second-order valence-electron chi connectivity index (χ2n) is 8.35. The summed E-state index contributed by atoms with van der Waals surface area (Å²) in [6.45, 7) is 0.503. The van der Waals surface area contributed by atoms with Crippen LogP contribution < -0.4 is 15.0 Å². The van der Waals surface area contributed by atoms with Crippen molar-refractivity contribution in [2.75, 3.05) is 30.9 Å². The van der Waals surface area contributed by atoms with Crippen LogP contribution in [0.2, 0.25) is 10.0 Å². The molecule has 1 aliphatic rings. The van der Waals surface area contributed by atoms with Crippen LogP contribution in [0.5, 0.6) is 5.75 Å². The number of ether oxygens (including phenoxy) is 1. The number of carbonyl (C=O) groups is 1. The summed E-state index contributed by atoms with van der Waals surface area (Å²) in [6, 6.07) is 14.9. The van der Waals surface area contributed by atoms with E-state index in [1.54, 1.807) is 18.5 Å². The summed E-state index contributed by atoms with van der Waals surface area (Å²) < 4.78 is 5.72. The maximum absolute atomic E-state index is 13.3. The van der Waals surface area contributed by atoms with Crippen LogP contribution >= 0.6 is 23.2 Å². The molecule has 34 heavy (non-hydrogen) atoms. The maximum atomic E-state index is 13.3. The molecule has 5 rings (SSSR count).